The van der Waals surface area contributed by atoms with Crippen LogP contribution in [0.15, 0.2) is 18.3 Å². The zero-order valence-electron chi connectivity index (χ0n) is 10.3. The Hall–Kier alpha value is -2.21. The number of aromatic nitrogens is 3. The first kappa shape index (κ1) is 12.3. The lowest BCUT2D eigenvalue weighted by Gasteiger charge is -2.11. The van der Waals surface area contributed by atoms with Crippen LogP contribution < -0.4 is 11.5 Å². The zero-order chi connectivity index (χ0) is 13.3. The van der Waals surface area contributed by atoms with Crippen LogP contribution in [0.1, 0.15) is 27.3 Å². The molecule has 94 valence electrons. The fraction of sp³-hybridized carbons (Fsp3) is 0.250. The van der Waals surface area contributed by atoms with E-state index < -0.39 is 5.91 Å². The molecule has 0 saturated carbocycles. The first-order chi connectivity index (χ1) is 8.52. The van der Waals surface area contributed by atoms with E-state index in [9.17, 15) is 4.79 Å². The summed E-state index contributed by atoms with van der Waals surface area (Å²) >= 11 is 0. The van der Waals surface area contributed by atoms with Crippen LogP contribution >= 0.6 is 0 Å². The van der Waals surface area contributed by atoms with E-state index in [0.717, 1.165) is 16.8 Å². The zero-order valence-corrected chi connectivity index (χ0v) is 10.3. The van der Waals surface area contributed by atoms with E-state index in [1.807, 2.05) is 19.9 Å². The van der Waals surface area contributed by atoms with Crippen molar-refractivity contribution in [2.75, 3.05) is 0 Å². The second-order valence-corrected chi connectivity index (χ2v) is 4.10. The van der Waals surface area contributed by atoms with Gasteiger partial charge < -0.3 is 11.5 Å². The van der Waals surface area contributed by atoms with Crippen molar-refractivity contribution in [2.24, 2.45) is 11.5 Å². The van der Waals surface area contributed by atoms with E-state index in [2.05, 4.69) is 10.1 Å². The number of nitrogens with zero attached hydrogens (tertiary/aromatic N) is 3. The van der Waals surface area contributed by atoms with Gasteiger partial charge in [0.2, 0.25) is 0 Å². The molecule has 0 aromatic carbocycles. The maximum Gasteiger partial charge on any atom is 0.269 e. The minimum atomic E-state index is -0.563. The molecule has 2 rings (SSSR count). The van der Waals surface area contributed by atoms with E-state index in [-0.39, 0.29) is 5.69 Å². The monoisotopic (exact) mass is 245 g/mol. The molecule has 18 heavy (non-hydrogen) atoms. The molecule has 0 unspecified atom stereocenters. The summed E-state index contributed by atoms with van der Waals surface area (Å²) in [6.07, 6.45) is 1.65. The quantitative estimate of drug-likeness (QED) is 0.819. The number of amides is 1. The molecule has 6 nitrogen and oxygen atoms in total. The van der Waals surface area contributed by atoms with Gasteiger partial charge in [0.25, 0.3) is 5.91 Å². The van der Waals surface area contributed by atoms with Crippen LogP contribution in [0.4, 0.5) is 0 Å². The highest BCUT2D eigenvalue weighted by atomic mass is 16.1. The van der Waals surface area contributed by atoms with Crippen molar-refractivity contribution < 1.29 is 4.79 Å². The van der Waals surface area contributed by atoms with E-state index >= 15 is 0 Å². The van der Waals surface area contributed by atoms with Gasteiger partial charge in [-0.2, -0.15) is 5.10 Å². The smallest absolute Gasteiger partial charge is 0.269 e. The number of primary amides is 1. The lowest BCUT2D eigenvalue weighted by molar-refractivity contribution is 0.0995. The summed E-state index contributed by atoms with van der Waals surface area (Å²) in [5, 5.41) is 4.09. The van der Waals surface area contributed by atoms with Crippen LogP contribution in [0.25, 0.3) is 5.82 Å². The van der Waals surface area contributed by atoms with Crippen LogP contribution in [0.5, 0.6) is 0 Å². The van der Waals surface area contributed by atoms with E-state index in [1.54, 1.807) is 12.3 Å². The van der Waals surface area contributed by atoms with Gasteiger partial charge in [-0.1, -0.05) is 0 Å². The fourth-order valence-corrected chi connectivity index (χ4v) is 1.86. The molecule has 0 radical (unpaired) electrons. The molecule has 2 aromatic heterocycles. The third kappa shape index (κ3) is 2.10. The predicted molar refractivity (Wildman–Crippen MR) is 67.2 cm³/mol. The summed E-state index contributed by atoms with van der Waals surface area (Å²) in [7, 11) is 0. The highest BCUT2D eigenvalue weighted by molar-refractivity contribution is 5.90. The number of rotatable bonds is 3. The normalized spacial score (nSPS) is 10.6. The molecule has 0 saturated heterocycles. The second kappa shape index (κ2) is 4.58. The van der Waals surface area contributed by atoms with Gasteiger partial charge in [0, 0.05) is 24.0 Å². The Morgan fingerprint density at radius 1 is 1.44 bits per heavy atom. The molecule has 0 aliphatic heterocycles. The van der Waals surface area contributed by atoms with Crippen molar-refractivity contribution in [3.8, 4) is 5.82 Å². The Balaban J connectivity index is 2.58. The van der Waals surface area contributed by atoms with Crippen LogP contribution in [0, 0.1) is 13.8 Å². The average molecular weight is 245 g/mol. The molecule has 0 fully saturated rings. The number of carbonyl (C=O) groups excluding carboxylic acids is 1. The van der Waals surface area contributed by atoms with Gasteiger partial charge in [0.05, 0.1) is 0 Å². The molecule has 2 aromatic rings. The maximum absolute atomic E-state index is 11.0. The van der Waals surface area contributed by atoms with Crippen molar-refractivity contribution in [3.63, 3.8) is 0 Å². The van der Waals surface area contributed by atoms with Gasteiger partial charge in [-0.15, -0.1) is 0 Å². The van der Waals surface area contributed by atoms with E-state index in [0.29, 0.717) is 12.4 Å². The Kier molecular flexibility index (Phi) is 3.12. The third-order valence-corrected chi connectivity index (χ3v) is 2.72. The van der Waals surface area contributed by atoms with Crippen LogP contribution in [0.2, 0.25) is 0 Å². The van der Waals surface area contributed by atoms with Gasteiger partial charge in [0.1, 0.15) is 5.69 Å². The third-order valence-electron chi connectivity index (χ3n) is 2.72. The standard InChI is InChI=1S/C12H15N5O/c1-7-5-8(2)15-12(9(7)6-13)17-4-3-10(16-17)11(14)18/h3-5H,6,13H2,1-2H3,(H2,14,18). The molecule has 0 atom stereocenters. The highest BCUT2D eigenvalue weighted by Gasteiger charge is 2.12. The lowest BCUT2D eigenvalue weighted by Crippen LogP contribution is -2.14. The van der Waals surface area contributed by atoms with Gasteiger partial charge in [0.15, 0.2) is 5.82 Å². The fourth-order valence-electron chi connectivity index (χ4n) is 1.86. The van der Waals surface area contributed by atoms with Crippen LogP contribution in [-0.4, -0.2) is 20.7 Å². The first-order valence-electron chi connectivity index (χ1n) is 5.56. The molecular weight excluding hydrogens is 230 g/mol. The minimum absolute atomic E-state index is 0.207. The van der Waals surface area contributed by atoms with Crippen molar-refractivity contribution in [1.29, 1.82) is 0 Å². The Bertz CT molecular complexity index is 603. The molecule has 6 heteroatoms. The molecule has 0 bridgehead atoms. The molecule has 1 amide bonds. The predicted octanol–water partition coefficient (Wildman–Crippen LogP) is 0.442. The van der Waals surface area contributed by atoms with E-state index in [4.69, 9.17) is 11.5 Å². The van der Waals surface area contributed by atoms with Crippen molar-refractivity contribution in [2.45, 2.75) is 20.4 Å². The van der Waals surface area contributed by atoms with Crippen LogP contribution in [-0.2, 0) is 6.54 Å². The first-order valence-corrected chi connectivity index (χ1v) is 5.56. The summed E-state index contributed by atoms with van der Waals surface area (Å²) < 4.78 is 1.53. The maximum atomic E-state index is 11.0. The molecule has 4 N–H and O–H groups in total. The SMILES string of the molecule is Cc1cc(C)c(CN)c(-n2ccc(C(N)=O)n2)n1. The molecule has 0 aliphatic rings. The number of hydrogen-bond donors (Lipinski definition) is 2. The van der Waals surface area contributed by atoms with Gasteiger partial charge in [-0.25, -0.2) is 9.67 Å². The van der Waals surface area contributed by atoms with Crippen molar-refractivity contribution in [1.82, 2.24) is 14.8 Å². The Labute approximate surface area is 105 Å². The van der Waals surface area contributed by atoms with Gasteiger partial charge in [-0.3, -0.25) is 4.79 Å². The Morgan fingerprint density at radius 2 is 2.17 bits per heavy atom. The number of pyridine rings is 1. The highest BCUT2D eigenvalue weighted by Crippen LogP contribution is 2.17. The summed E-state index contributed by atoms with van der Waals surface area (Å²) in [6, 6.07) is 3.52. The van der Waals surface area contributed by atoms with Crippen LogP contribution in [0.3, 0.4) is 0 Å². The van der Waals surface area contributed by atoms with Gasteiger partial charge >= 0.3 is 0 Å². The van der Waals surface area contributed by atoms with Crippen molar-refractivity contribution >= 4 is 5.91 Å². The average Bonchev–Trinajstić information content (AvgIpc) is 2.77. The summed E-state index contributed by atoms with van der Waals surface area (Å²) in [5.74, 6) is 0.0786. The molecule has 0 spiro atoms. The topological polar surface area (TPSA) is 99.8 Å². The molecular formula is C12H15N5O. The largest absolute Gasteiger partial charge is 0.364 e. The summed E-state index contributed by atoms with van der Waals surface area (Å²) in [6.45, 7) is 4.23. The number of hydrogen-bond acceptors (Lipinski definition) is 4. The lowest BCUT2D eigenvalue weighted by atomic mass is 10.1. The number of nitrogens with two attached hydrogens (primary N) is 2. The van der Waals surface area contributed by atoms with Crippen molar-refractivity contribution in [3.05, 3.63) is 40.8 Å². The van der Waals surface area contributed by atoms with Gasteiger partial charge in [-0.05, 0) is 31.5 Å². The molecule has 0 aliphatic carbocycles. The second-order valence-electron chi connectivity index (χ2n) is 4.10. The van der Waals surface area contributed by atoms with E-state index in [1.165, 1.54) is 4.68 Å². The number of aryl methyl sites for hydroxylation is 2. The summed E-state index contributed by atoms with van der Waals surface area (Å²) in [4.78, 5) is 15.5. The summed E-state index contributed by atoms with van der Waals surface area (Å²) in [5.41, 5.74) is 13.9. The minimum Gasteiger partial charge on any atom is -0.364 e. The Morgan fingerprint density at radius 3 is 2.72 bits per heavy atom. The molecule has 2 heterocycles. The number of carbonyl (C=O) groups is 1.